The number of benzene rings is 2. The number of carbonyl (C=O) groups is 1. The van der Waals surface area contributed by atoms with Crippen LogP contribution < -0.4 is 0 Å². The summed E-state index contributed by atoms with van der Waals surface area (Å²) in [5.41, 5.74) is 2.78. The lowest BCUT2D eigenvalue weighted by atomic mass is 9.93. The minimum Gasteiger partial charge on any atom is -0.361 e. The number of H-pyrrole nitrogens is 1. The van der Waals surface area contributed by atoms with Gasteiger partial charge in [0.1, 0.15) is 5.82 Å². The van der Waals surface area contributed by atoms with E-state index in [4.69, 9.17) is 0 Å². The average molecular weight is 281 g/mol. The molecule has 21 heavy (non-hydrogen) atoms. The lowest BCUT2D eigenvalue weighted by molar-refractivity contribution is 0.0976. The Hall–Kier alpha value is -2.42. The molecule has 0 fully saturated rings. The molecule has 2 nitrogen and oxygen atoms in total. The summed E-state index contributed by atoms with van der Waals surface area (Å²) in [6, 6.07) is 13.8. The summed E-state index contributed by atoms with van der Waals surface area (Å²) in [4.78, 5) is 15.5. The number of hydrogen-bond acceptors (Lipinski definition) is 1. The van der Waals surface area contributed by atoms with Gasteiger partial charge in [-0.05, 0) is 41.8 Å². The summed E-state index contributed by atoms with van der Waals surface area (Å²) in [7, 11) is 0. The van der Waals surface area contributed by atoms with E-state index in [2.05, 4.69) is 11.1 Å². The summed E-state index contributed by atoms with van der Waals surface area (Å²) in [6.07, 6.45) is 2.38. The minimum atomic E-state index is -0.323. The molecular formula is C18H16FNO. The van der Waals surface area contributed by atoms with E-state index in [0.29, 0.717) is 12.0 Å². The van der Waals surface area contributed by atoms with E-state index in [0.717, 1.165) is 16.5 Å². The highest BCUT2D eigenvalue weighted by molar-refractivity contribution is 5.97. The van der Waals surface area contributed by atoms with Gasteiger partial charge in [-0.25, -0.2) is 4.39 Å². The van der Waals surface area contributed by atoms with Crippen LogP contribution in [-0.4, -0.2) is 10.8 Å². The number of fused-ring (bicyclic) bond motifs is 1. The Labute approximate surface area is 122 Å². The first-order valence-electron chi connectivity index (χ1n) is 7.00. The molecule has 3 rings (SSSR count). The Morgan fingerprint density at radius 2 is 1.86 bits per heavy atom. The molecular weight excluding hydrogens is 265 g/mol. The predicted molar refractivity (Wildman–Crippen MR) is 82.1 cm³/mol. The molecule has 106 valence electrons. The number of carbonyl (C=O) groups excluding carboxylic acids is 1. The van der Waals surface area contributed by atoms with Gasteiger partial charge < -0.3 is 4.98 Å². The van der Waals surface area contributed by atoms with Crippen LogP contribution in [0.1, 0.15) is 35.2 Å². The third-order valence-electron chi connectivity index (χ3n) is 3.81. The van der Waals surface area contributed by atoms with Gasteiger partial charge in [-0.2, -0.15) is 0 Å². The maximum atomic E-state index is 12.9. The first-order chi connectivity index (χ1) is 10.1. The molecule has 0 radical (unpaired) electrons. The summed E-state index contributed by atoms with van der Waals surface area (Å²) < 4.78 is 12.9. The number of hydrogen-bond donors (Lipinski definition) is 1. The first kappa shape index (κ1) is 13.6. The van der Waals surface area contributed by atoms with Crippen molar-refractivity contribution in [1.82, 2.24) is 4.98 Å². The Morgan fingerprint density at radius 1 is 1.14 bits per heavy atom. The van der Waals surface area contributed by atoms with Crippen LogP contribution in [0.5, 0.6) is 0 Å². The third kappa shape index (κ3) is 2.72. The lowest BCUT2D eigenvalue weighted by Crippen LogP contribution is -2.04. The molecule has 0 bridgehead atoms. The van der Waals surface area contributed by atoms with Gasteiger partial charge in [0.25, 0.3) is 0 Å². The highest BCUT2D eigenvalue weighted by atomic mass is 19.1. The van der Waals surface area contributed by atoms with Gasteiger partial charge in [0, 0.05) is 29.1 Å². The predicted octanol–water partition coefficient (Wildman–Crippen LogP) is 4.68. The summed E-state index contributed by atoms with van der Waals surface area (Å²) in [6.45, 7) is 2.04. The molecule has 2 aromatic carbocycles. The molecule has 3 aromatic rings. The Morgan fingerprint density at radius 3 is 2.62 bits per heavy atom. The zero-order valence-electron chi connectivity index (χ0n) is 11.8. The van der Waals surface area contributed by atoms with Crippen molar-refractivity contribution in [2.45, 2.75) is 19.3 Å². The Balaban J connectivity index is 1.81. The second kappa shape index (κ2) is 5.52. The van der Waals surface area contributed by atoms with Gasteiger partial charge in [-0.3, -0.25) is 4.79 Å². The van der Waals surface area contributed by atoms with Crippen LogP contribution in [0.2, 0.25) is 0 Å². The number of Topliss-reactive ketones (excluding diaryl/α,β-unsaturated/α-hetero) is 1. The highest BCUT2D eigenvalue weighted by Crippen LogP contribution is 2.28. The van der Waals surface area contributed by atoms with Crippen molar-refractivity contribution in [1.29, 1.82) is 0 Å². The van der Waals surface area contributed by atoms with Crippen molar-refractivity contribution in [3.8, 4) is 0 Å². The highest BCUT2D eigenvalue weighted by Gasteiger charge is 2.16. The lowest BCUT2D eigenvalue weighted by Gasteiger charge is -2.10. The first-order valence-corrected chi connectivity index (χ1v) is 7.00. The van der Waals surface area contributed by atoms with E-state index in [1.165, 1.54) is 12.1 Å². The van der Waals surface area contributed by atoms with Crippen LogP contribution in [0.3, 0.4) is 0 Å². The van der Waals surface area contributed by atoms with Crippen LogP contribution in [-0.2, 0) is 0 Å². The topological polar surface area (TPSA) is 32.9 Å². The van der Waals surface area contributed by atoms with Crippen molar-refractivity contribution < 1.29 is 9.18 Å². The van der Waals surface area contributed by atoms with Crippen LogP contribution >= 0.6 is 0 Å². The standard InChI is InChI=1S/C18H16FNO/c1-12(10-18(21)13-6-8-14(19)9-7-13)16-11-20-17-5-3-2-4-15(16)17/h2-9,11-12,20H,10H2,1H3/t12-/m0/s1. The normalized spacial score (nSPS) is 12.5. The number of nitrogens with one attached hydrogen (secondary N) is 1. The molecule has 0 saturated carbocycles. The maximum absolute atomic E-state index is 12.9. The monoisotopic (exact) mass is 281 g/mol. The fourth-order valence-electron chi connectivity index (χ4n) is 2.64. The van der Waals surface area contributed by atoms with Crippen molar-refractivity contribution in [2.24, 2.45) is 0 Å². The van der Waals surface area contributed by atoms with E-state index >= 15 is 0 Å². The van der Waals surface area contributed by atoms with Gasteiger partial charge in [-0.1, -0.05) is 25.1 Å². The number of halogens is 1. The van der Waals surface area contributed by atoms with Crippen molar-refractivity contribution in [3.63, 3.8) is 0 Å². The molecule has 0 saturated heterocycles. The maximum Gasteiger partial charge on any atom is 0.163 e. The van der Waals surface area contributed by atoms with Crippen LogP contribution in [0.4, 0.5) is 4.39 Å². The minimum absolute atomic E-state index is 0.0350. The number of rotatable bonds is 4. The molecule has 1 heterocycles. The van der Waals surface area contributed by atoms with Gasteiger partial charge in [0.05, 0.1) is 0 Å². The van der Waals surface area contributed by atoms with Gasteiger partial charge in [0.2, 0.25) is 0 Å². The average Bonchev–Trinajstić information content (AvgIpc) is 2.92. The largest absolute Gasteiger partial charge is 0.361 e. The smallest absolute Gasteiger partial charge is 0.163 e. The number of aromatic amines is 1. The number of para-hydroxylation sites is 1. The number of aromatic nitrogens is 1. The van der Waals surface area contributed by atoms with Gasteiger partial charge in [0.15, 0.2) is 5.78 Å². The van der Waals surface area contributed by atoms with E-state index < -0.39 is 0 Å². The molecule has 0 unspecified atom stereocenters. The summed E-state index contributed by atoms with van der Waals surface area (Å²) in [5, 5.41) is 1.15. The van der Waals surface area contributed by atoms with Crippen molar-refractivity contribution in [2.75, 3.05) is 0 Å². The Bertz CT molecular complexity index is 773. The molecule has 0 aliphatic heterocycles. The molecule has 0 aliphatic carbocycles. The van der Waals surface area contributed by atoms with Crippen LogP contribution in [0.25, 0.3) is 10.9 Å². The summed E-state index contributed by atoms with van der Waals surface area (Å²) in [5.74, 6) is -0.178. The molecule has 1 aromatic heterocycles. The van der Waals surface area contributed by atoms with Crippen LogP contribution in [0.15, 0.2) is 54.7 Å². The fourth-order valence-corrected chi connectivity index (χ4v) is 2.64. The SMILES string of the molecule is C[C@@H](CC(=O)c1ccc(F)cc1)c1c[nH]c2ccccc12. The van der Waals surface area contributed by atoms with E-state index in [1.54, 1.807) is 12.1 Å². The zero-order valence-corrected chi connectivity index (χ0v) is 11.8. The second-order valence-electron chi connectivity index (χ2n) is 5.32. The zero-order chi connectivity index (χ0) is 14.8. The molecule has 0 spiro atoms. The molecule has 0 amide bonds. The molecule has 0 aliphatic rings. The number of ketones is 1. The Kier molecular flexibility index (Phi) is 3.57. The van der Waals surface area contributed by atoms with Crippen molar-refractivity contribution in [3.05, 3.63) is 71.7 Å². The van der Waals surface area contributed by atoms with Gasteiger partial charge in [-0.15, -0.1) is 0 Å². The molecule has 1 N–H and O–H groups in total. The van der Waals surface area contributed by atoms with E-state index in [9.17, 15) is 9.18 Å². The quantitative estimate of drug-likeness (QED) is 0.692. The van der Waals surface area contributed by atoms with Gasteiger partial charge >= 0.3 is 0 Å². The molecule has 1 atom stereocenters. The van der Waals surface area contributed by atoms with E-state index in [-0.39, 0.29) is 17.5 Å². The van der Waals surface area contributed by atoms with Crippen molar-refractivity contribution >= 4 is 16.7 Å². The molecule has 3 heteroatoms. The summed E-state index contributed by atoms with van der Waals surface area (Å²) >= 11 is 0. The van der Waals surface area contributed by atoms with Crippen LogP contribution in [0, 0.1) is 5.82 Å². The fraction of sp³-hybridized carbons (Fsp3) is 0.167. The third-order valence-corrected chi connectivity index (χ3v) is 3.81. The van der Waals surface area contributed by atoms with E-state index in [1.807, 2.05) is 31.3 Å². The second-order valence-corrected chi connectivity index (χ2v) is 5.32.